The lowest BCUT2D eigenvalue weighted by molar-refractivity contribution is 0.0495. The summed E-state index contributed by atoms with van der Waals surface area (Å²) in [4.78, 5) is 19.5. The smallest absolute Gasteiger partial charge is 0.253 e. The summed E-state index contributed by atoms with van der Waals surface area (Å²) in [5, 5.41) is 0. The van der Waals surface area contributed by atoms with Gasteiger partial charge in [-0.25, -0.2) is 4.39 Å². The first kappa shape index (κ1) is 22.5. The molecule has 0 N–H and O–H groups in total. The van der Waals surface area contributed by atoms with Crippen molar-refractivity contribution in [3.05, 3.63) is 95.6 Å². The molecule has 2 aliphatic rings. The fourth-order valence-corrected chi connectivity index (χ4v) is 4.96. The highest BCUT2D eigenvalue weighted by Gasteiger charge is 2.43. The minimum Gasteiger partial charge on any atom is -0.489 e. The summed E-state index contributed by atoms with van der Waals surface area (Å²) in [5.74, 6) is 0.392. The maximum Gasteiger partial charge on any atom is 0.253 e. The van der Waals surface area contributed by atoms with Crippen LogP contribution < -0.4 is 4.74 Å². The molecule has 6 heteroatoms. The molecule has 3 aromatic rings. The van der Waals surface area contributed by atoms with E-state index in [4.69, 9.17) is 9.47 Å². The quantitative estimate of drug-likeness (QED) is 0.516. The van der Waals surface area contributed by atoms with Gasteiger partial charge in [0.2, 0.25) is 0 Å². The summed E-state index contributed by atoms with van der Waals surface area (Å²) in [6.07, 6.45) is 5.81. The second-order valence-corrected chi connectivity index (χ2v) is 9.40. The number of likely N-dealkylation sites (tertiary alicyclic amines) is 1. The van der Waals surface area contributed by atoms with Crippen molar-refractivity contribution >= 4 is 5.91 Å². The van der Waals surface area contributed by atoms with Crippen LogP contribution in [0.3, 0.4) is 0 Å². The zero-order valence-corrected chi connectivity index (χ0v) is 19.2. The molecule has 1 aromatic heterocycles. The van der Waals surface area contributed by atoms with Crippen LogP contribution in [0.15, 0.2) is 72.9 Å². The van der Waals surface area contributed by atoms with Crippen molar-refractivity contribution in [3.8, 4) is 5.75 Å². The summed E-state index contributed by atoms with van der Waals surface area (Å²) < 4.78 is 25.0. The number of nitrogens with zero attached hydrogens (tertiary/aromatic N) is 2. The molecule has 2 aromatic carbocycles. The van der Waals surface area contributed by atoms with Crippen molar-refractivity contribution in [1.82, 2.24) is 9.88 Å². The van der Waals surface area contributed by atoms with E-state index in [9.17, 15) is 9.18 Å². The molecule has 1 spiro atoms. The molecule has 0 aliphatic carbocycles. The molecule has 0 saturated carbocycles. The molecule has 1 unspecified atom stereocenters. The predicted octanol–water partition coefficient (Wildman–Crippen LogP) is 5.05. The number of hydrogen-bond acceptors (Lipinski definition) is 4. The molecule has 0 radical (unpaired) electrons. The fourth-order valence-electron chi connectivity index (χ4n) is 4.96. The van der Waals surface area contributed by atoms with Crippen LogP contribution in [-0.4, -0.2) is 41.6 Å². The van der Waals surface area contributed by atoms with Gasteiger partial charge in [-0.1, -0.05) is 24.3 Å². The van der Waals surface area contributed by atoms with Gasteiger partial charge in [0.1, 0.15) is 18.2 Å². The van der Waals surface area contributed by atoms with Crippen LogP contribution in [0.25, 0.3) is 0 Å². The van der Waals surface area contributed by atoms with E-state index in [1.807, 2.05) is 47.5 Å². The van der Waals surface area contributed by atoms with Crippen molar-refractivity contribution < 1.29 is 18.7 Å². The minimum absolute atomic E-state index is 0.0334. The molecule has 1 atom stereocenters. The van der Waals surface area contributed by atoms with Crippen molar-refractivity contribution in [2.24, 2.45) is 5.41 Å². The standard InChI is InChI=1S/C28H29FN2O3/c29-23-9-7-21(8-10-23)19-33-25-6-3-4-22(16-25)27(32)31-14-11-28(12-15-31)18-26(34-20-28)17-24-5-1-2-13-30-24/h1-10,13,16,26H,11-12,14-15,17-20H2. The van der Waals surface area contributed by atoms with Crippen LogP contribution in [-0.2, 0) is 17.8 Å². The van der Waals surface area contributed by atoms with Crippen LogP contribution in [0.4, 0.5) is 4.39 Å². The molecule has 2 aliphatic heterocycles. The van der Waals surface area contributed by atoms with Crippen LogP contribution in [0.5, 0.6) is 5.75 Å². The van der Waals surface area contributed by atoms with Gasteiger partial charge in [0.05, 0.1) is 12.7 Å². The highest BCUT2D eigenvalue weighted by Crippen LogP contribution is 2.42. The SMILES string of the molecule is O=C(c1cccc(OCc2ccc(F)cc2)c1)N1CCC2(CC1)COC(Cc1ccccn1)C2. The van der Waals surface area contributed by atoms with Crippen LogP contribution in [0.2, 0.25) is 0 Å². The molecule has 1 amide bonds. The number of carbonyl (C=O) groups excluding carboxylic acids is 1. The number of carbonyl (C=O) groups is 1. The zero-order chi connectivity index (χ0) is 23.4. The van der Waals surface area contributed by atoms with Gasteiger partial charge >= 0.3 is 0 Å². The lowest BCUT2D eigenvalue weighted by Gasteiger charge is -2.38. The zero-order valence-electron chi connectivity index (χ0n) is 19.2. The predicted molar refractivity (Wildman–Crippen MR) is 127 cm³/mol. The van der Waals surface area contributed by atoms with E-state index in [0.717, 1.165) is 56.6 Å². The van der Waals surface area contributed by atoms with Gasteiger partial charge in [0.25, 0.3) is 5.91 Å². The van der Waals surface area contributed by atoms with Gasteiger partial charge in [-0.05, 0) is 72.7 Å². The van der Waals surface area contributed by atoms with Crippen LogP contribution in [0.1, 0.15) is 40.9 Å². The summed E-state index contributed by atoms with van der Waals surface area (Å²) in [7, 11) is 0. The maximum atomic E-state index is 13.2. The largest absolute Gasteiger partial charge is 0.489 e. The second kappa shape index (κ2) is 9.94. The number of pyridine rings is 1. The third kappa shape index (κ3) is 5.28. The van der Waals surface area contributed by atoms with E-state index in [-0.39, 0.29) is 23.2 Å². The molecule has 0 bridgehead atoms. The Bertz CT molecular complexity index is 1110. The molecule has 5 nitrogen and oxygen atoms in total. The highest BCUT2D eigenvalue weighted by atomic mass is 19.1. The minimum atomic E-state index is -0.271. The molecule has 2 saturated heterocycles. The second-order valence-electron chi connectivity index (χ2n) is 9.40. The molecule has 3 heterocycles. The van der Waals surface area contributed by atoms with Crippen molar-refractivity contribution in [2.45, 2.75) is 38.4 Å². The van der Waals surface area contributed by atoms with E-state index >= 15 is 0 Å². The van der Waals surface area contributed by atoms with Gasteiger partial charge in [-0.3, -0.25) is 9.78 Å². The van der Waals surface area contributed by atoms with Gasteiger partial charge < -0.3 is 14.4 Å². The maximum absolute atomic E-state index is 13.2. The van der Waals surface area contributed by atoms with Crippen LogP contribution in [0, 0.1) is 11.2 Å². The Morgan fingerprint density at radius 2 is 1.91 bits per heavy atom. The van der Waals surface area contributed by atoms with Crippen molar-refractivity contribution in [1.29, 1.82) is 0 Å². The number of halogens is 1. The first-order valence-corrected chi connectivity index (χ1v) is 11.9. The number of piperidine rings is 1. The van der Waals surface area contributed by atoms with Gasteiger partial charge in [-0.15, -0.1) is 0 Å². The summed E-state index contributed by atoms with van der Waals surface area (Å²) in [6, 6.07) is 19.5. The average Bonchev–Trinajstić information content (AvgIpc) is 3.26. The molecule has 2 fully saturated rings. The Morgan fingerprint density at radius 3 is 2.68 bits per heavy atom. The Kier molecular flexibility index (Phi) is 6.59. The van der Waals surface area contributed by atoms with Gasteiger partial charge in [-0.2, -0.15) is 0 Å². The monoisotopic (exact) mass is 460 g/mol. The molecule has 176 valence electrons. The molecular formula is C28H29FN2O3. The summed E-state index contributed by atoms with van der Waals surface area (Å²) in [5.41, 5.74) is 2.73. The van der Waals surface area contributed by atoms with E-state index < -0.39 is 0 Å². The Balaban J connectivity index is 1.14. The molecular weight excluding hydrogens is 431 g/mol. The Morgan fingerprint density at radius 1 is 1.09 bits per heavy atom. The van der Waals surface area contributed by atoms with E-state index in [0.29, 0.717) is 17.9 Å². The first-order chi connectivity index (χ1) is 16.6. The lowest BCUT2D eigenvalue weighted by Crippen LogP contribution is -2.43. The number of benzene rings is 2. The van der Waals surface area contributed by atoms with Gasteiger partial charge in [0, 0.05) is 37.0 Å². The number of amides is 1. The summed E-state index contributed by atoms with van der Waals surface area (Å²) >= 11 is 0. The van der Waals surface area contributed by atoms with Gasteiger partial charge in [0.15, 0.2) is 0 Å². The number of ether oxygens (including phenoxy) is 2. The third-order valence-electron chi connectivity index (χ3n) is 6.96. The number of rotatable bonds is 6. The molecule has 5 rings (SSSR count). The topological polar surface area (TPSA) is 51.7 Å². The fraction of sp³-hybridized carbons (Fsp3) is 0.357. The van der Waals surface area contributed by atoms with E-state index in [1.54, 1.807) is 18.2 Å². The highest BCUT2D eigenvalue weighted by molar-refractivity contribution is 5.94. The van der Waals surface area contributed by atoms with Crippen molar-refractivity contribution in [3.63, 3.8) is 0 Å². The molecule has 34 heavy (non-hydrogen) atoms. The summed E-state index contributed by atoms with van der Waals surface area (Å²) in [6.45, 7) is 2.56. The normalized spacial score (nSPS) is 19.3. The number of hydrogen-bond donors (Lipinski definition) is 0. The Hall–Kier alpha value is -3.25. The van der Waals surface area contributed by atoms with Crippen molar-refractivity contribution in [2.75, 3.05) is 19.7 Å². The first-order valence-electron chi connectivity index (χ1n) is 11.9. The average molecular weight is 461 g/mol. The Labute approximate surface area is 199 Å². The lowest BCUT2D eigenvalue weighted by atomic mass is 9.76. The third-order valence-corrected chi connectivity index (χ3v) is 6.96. The number of aromatic nitrogens is 1. The van der Waals surface area contributed by atoms with E-state index in [2.05, 4.69) is 4.98 Å². The van der Waals surface area contributed by atoms with Crippen LogP contribution >= 0.6 is 0 Å². The van der Waals surface area contributed by atoms with E-state index in [1.165, 1.54) is 12.1 Å².